The smallest absolute Gasteiger partial charge is 0.255 e. The van der Waals surface area contributed by atoms with Crippen LogP contribution in [0.4, 0.5) is 0 Å². The number of benzene rings is 1. The first-order valence-corrected chi connectivity index (χ1v) is 11.8. The third-order valence-corrected chi connectivity index (χ3v) is 7.10. The van der Waals surface area contributed by atoms with Gasteiger partial charge in [0.15, 0.2) is 0 Å². The van der Waals surface area contributed by atoms with E-state index in [1.165, 1.54) is 0 Å². The Hall–Kier alpha value is -2.08. The maximum Gasteiger partial charge on any atom is 0.255 e. The Morgan fingerprint density at radius 1 is 0.967 bits per heavy atom. The van der Waals surface area contributed by atoms with Crippen LogP contribution in [0.2, 0.25) is 0 Å². The van der Waals surface area contributed by atoms with E-state index in [1.54, 1.807) is 0 Å². The van der Waals surface area contributed by atoms with Crippen LogP contribution < -0.4 is 0 Å². The Morgan fingerprint density at radius 3 is 2.23 bits per heavy atom. The summed E-state index contributed by atoms with van der Waals surface area (Å²) in [5, 5.41) is 0. The molecule has 1 aromatic heterocycles. The summed E-state index contributed by atoms with van der Waals surface area (Å²) in [7, 11) is 0. The van der Waals surface area contributed by atoms with Crippen LogP contribution >= 0.6 is 15.9 Å². The van der Waals surface area contributed by atoms with Gasteiger partial charge in [-0.2, -0.15) is 0 Å². The van der Waals surface area contributed by atoms with Crippen LogP contribution in [0.3, 0.4) is 0 Å². The summed E-state index contributed by atoms with van der Waals surface area (Å²) in [4.78, 5) is 29.6. The molecule has 2 saturated heterocycles. The number of aryl methyl sites for hydroxylation is 1. The van der Waals surface area contributed by atoms with E-state index in [9.17, 15) is 9.59 Å². The van der Waals surface area contributed by atoms with Gasteiger partial charge in [-0.05, 0) is 75.8 Å². The van der Waals surface area contributed by atoms with Crippen LogP contribution in [0.5, 0.6) is 0 Å². The second kappa shape index (κ2) is 8.96. The summed E-state index contributed by atoms with van der Waals surface area (Å²) in [6, 6.07) is 10.2. The molecule has 5 nitrogen and oxygen atoms in total. The minimum Gasteiger partial charge on any atom is -0.343 e. The Bertz CT molecular complexity index is 921. The zero-order chi connectivity index (χ0) is 21.3. The van der Waals surface area contributed by atoms with Crippen LogP contribution in [0.25, 0.3) is 5.69 Å². The van der Waals surface area contributed by atoms with Gasteiger partial charge in [-0.25, -0.2) is 0 Å². The lowest BCUT2D eigenvalue weighted by molar-refractivity contribution is -0.131. The Morgan fingerprint density at radius 2 is 1.60 bits per heavy atom. The van der Waals surface area contributed by atoms with E-state index < -0.39 is 0 Å². The lowest BCUT2D eigenvalue weighted by Gasteiger charge is -2.32. The fraction of sp³-hybridized carbons (Fsp3) is 0.500. The Labute approximate surface area is 187 Å². The van der Waals surface area contributed by atoms with E-state index in [0.717, 1.165) is 79.0 Å². The molecule has 0 spiro atoms. The third-order valence-electron chi connectivity index (χ3n) is 6.57. The van der Waals surface area contributed by atoms with Crippen molar-refractivity contribution >= 4 is 27.7 Å². The predicted molar refractivity (Wildman–Crippen MR) is 122 cm³/mol. The maximum absolute atomic E-state index is 13.2. The molecule has 30 heavy (non-hydrogen) atoms. The number of carbonyl (C=O) groups is 2. The first kappa shape index (κ1) is 21.2. The molecule has 6 heteroatoms. The lowest BCUT2D eigenvalue weighted by atomic mass is 9.92. The highest BCUT2D eigenvalue weighted by atomic mass is 79.9. The predicted octanol–water partition coefficient (Wildman–Crippen LogP) is 4.72. The van der Waals surface area contributed by atoms with Gasteiger partial charge in [-0.1, -0.05) is 15.9 Å². The number of nitrogens with zero attached hydrogens (tertiary/aromatic N) is 3. The minimum absolute atomic E-state index is 0.107. The number of rotatable bonds is 4. The SMILES string of the molecule is Cc1cc(C(=O)N2CCC(CC(=O)N3CCCC3)CC2)c(C)n1-c1ccc(Br)cc1. The van der Waals surface area contributed by atoms with Gasteiger partial charge < -0.3 is 14.4 Å². The molecule has 0 unspecified atom stereocenters. The molecular weight excluding hydrogens is 442 g/mol. The van der Waals surface area contributed by atoms with E-state index in [1.807, 2.05) is 41.8 Å². The fourth-order valence-corrected chi connectivity index (χ4v) is 5.08. The molecule has 2 aliphatic rings. The third kappa shape index (κ3) is 4.34. The first-order valence-electron chi connectivity index (χ1n) is 11.0. The van der Waals surface area contributed by atoms with Gasteiger partial charge in [-0.15, -0.1) is 0 Å². The van der Waals surface area contributed by atoms with Crippen molar-refractivity contribution in [3.05, 3.63) is 51.8 Å². The van der Waals surface area contributed by atoms with E-state index in [0.29, 0.717) is 18.2 Å². The second-order valence-electron chi connectivity index (χ2n) is 8.62. The molecule has 0 aliphatic carbocycles. The molecule has 160 valence electrons. The first-order chi connectivity index (χ1) is 14.4. The number of piperidine rings is 1. The minimum atomic E-state index is 0.107. The van der Waals surface area contributed by atoms with Gasteiger partial charge in [0.1, 0.15) is 0 Å². The van der Waals surface area contributed by atoms with Gasteiger partial charge in [0, 0.05) is 54.1 Å². The van der Waals surface area contributed by atoms with Crippen molar-refractivity contribution in [1.82, 2.24) is 14.4 Å². The van der Waals surface area contributed by atoms with Crippen molar-refractivity contribution < 1.29 is 9.59 Å². The van der Waals surface area contributed by atoms with Gasteiger partial charge >= 0.3 is 0 Å². The summed E-state index contributed by atoms with van der Waals surface area (Å²) in [6.45, 7) is 7.37. The molecule has 1 aromatic carbocycles. The highest BCUT2D eigenvalue weighted by Gasteiger charge is 2.29. The molecule has 0 radical (unpaired) electrons. The van der Waals surface area contributed by atoms with Gasteiger partial charge in [-0.3, -0.25) is 9.59 Å². The molecular formula is C24H30BrN3O2. The molecule has 2 amide bonds. The largest absolute Gasteiger partial charge is 0.343 e. The maximum atomic E-state index is 13.2. The van der Waals surface area contributed by atoms with E-state index in [-0.39, 0.29) is 5.91 Å². The van der Waals surface area contributed by atoms with Crippen LogP contribution in [0.1, 0.15) is 53.8 Å². The number of aromatic nitrogens is 1. The highest BCUT2D eigenvalue weighted by molar-refractivity contribution is 9.10. The molecule has 3 heterocycles. The summed E-state index contributed by atoms with van der Waals surface area (Å²) in [5.41, 5.74) is 3.88. The number of hydrogen-bond donors (Lipinski definition) is 0. The average molecular weight is 472 g/mol. The van der Waals surface area contributed by atoms with Crippen molar-refractivity contribution in [2.75, 3.05) is 26.2 Å². The zero-order valence-corrected chi connectivity index (χ0v) is 19.5. The normalized spacial score (nSPS) is 17.6. The molecule has 0 saturated carbocycles. The fourth-order valence-electron chi connectivity index (χ4n) is 4.82. The van der Waals surface area contributed by atoms with E-state index >= 15 is 0 Å². The molecule has 0 bridgehead atoms. The summed E-state index contributed by atoms with van der Waals surface area (Å²) in [5.74, 6) is 0.809. The molecule has 2 aliphatic heterocycles. The van der Waals surface area contributed by atoms with Crippen molar-refractivity contribution in [1.29, 1.82) is 0 Å². The lowest BCUT2D eigenvalue weighted by Crippen LogP contribution is -2.40. The van der Waals surface area contributed by atoms with Crippen LogP contribution in [-0.2, 0) is 4.79 Å². The summed E-state index contributed by atoms with van der Waals surface area (Å²) < 4.78 is 3.18. The Balaban J connectivity index is 1.40. The van der Waals surface area contributed by atoms with Gasteiger partial charge in [0.25, 0.3) is 5.91 Å². The number of hydrogen-bond acceptors (Lipinski definition) is 2. The average Bonchev–Trinajstić information content (AvgIpc) is 3.37. The van der Waals surface area contributed by atoms with Crippen LogP contribution in [-0.4, -0.2) is 52.4 Å². The van der Waals surface area contributed by atoms with Gasteiger partial charge in [0.2, 0.25) is 5.91 Å². The van der Waals surface area contributed by atoms with Crippen molar-refractivity contribution in [2.45, 2.75) is 46.0 Å². The monoisotopic (exact) mass is 471 g/mol. The van der Waals surface area contributed by atoms with E-state index in [4.69, 9.17) is 0 Å². The molecule has 2 aromatic rings. The number of likely N-dealkylation sites (tertiary alicyclic amines) is 2. The van der Waals surface area contributed by atoms with Crippen molar-refractivity contribution in [3.63, 3.8) is 0 Å². The van der Waals surface area contributed by atoms with Gasteiger partial charge in [0.05, 0.1) is 5.56 Å². The zero-order valence-electron chi connectivity index (χ0n) is 17.9. The van der Waals surface area contributed by atoms with Crippen molar-refractivity contribution in [2.24, 2.45) is 5.92 Å². The second-order valence-corrected chi connectivity index (χ2v) is 9.54. The standard InChI is InChI=1S/C24H30BrN3O2/c1-17-15-22(18(2)28(17)21-7-5-20(25)6-8-21)24(30)27-13-9-19(10-14-27)16-23(29)26-11-3-4-12-26/h5-8,15,19H,3-4,9-14,16H2,1-2H3. The molecule has 0 N–H and O–H groups in total. The molecule has 2 fully saturated rings. The molecule has 0 atom stereocenters. The molecule has 4 rings (SSSR count). The summed E-state index contributed by atoms with van der Waals surface area (Å²) in [6.07, 6.45) is 4.74. The number of halogens is 1. The van der Waals surface area contributed by atoms with Crippen LogP contribution in [0.15, 0.2) is 34.8 Å². The topological polar surface area (TPSA) is 45.6 Å². The number of amides is 2. The van der Waals surface area contributed by atoms with E-state index in [2.05, 4.69) is 32.6 Å². The van der Waals surface area contributed by atoms with Crippen molar-refractivity contribution in [3.8, 4) is 5.69 Å². The number of carbonyl (C=O) groups excluding carboxylic acids is 2. The quantitative estimate of drug-likeness (QED) is 0.647. The highest BCUT2D eigenvalue weighted by Crippen LogP contribution is 2.27. The Kier molecular flexibility index (Phi) is 6.32. The van der Waals surface area contributed by atoms with Crippen LogP contribution in [0, 0.1) is 19.8 Å². The summed E-state index contributed by atoms with van der Waals surface area (Å²) >= 11 is 3.48.